The fourth-order valence-electron chi connectivity index (χ4n) is 10.5. The zero-order valence-electron chi connectivity index (χ0n) is 40.8. The maximum absolute atomic E-state index is 18.2. The number of anilines is 8. The van der Waals surface area contributed by atoms with Crippen LogP contribution in [0.4, 0.5) is 71.8 Å². The second-order valence-corrected chi connectivity index (χ2v) is 18.3. The van der Waals surface area contributed by atoms with E-state index < -0.39 is 46.2 Å². The third-order valence-corrected chi connectivity index (χ3v) is 13.7. The highest BCUT2D eigenvalue weighted by molar-refractivity contribution is 6.14. The Morgan fingerprint density at radius 2 is 0.462 bits per heavy atom. The molecule has 0 spiro atoms. The zero-order valence-corrected chi connectivity index (χ0v) is 40.8. The summed E-state index contributed by atoms with van der Waals surface area (Å²) in [5, 5.41) is 0. The second kappa shape index (κ2) is 18.9. The first-order valence-electron chi connectivity index (χ1n) is 24.7. The molecule has 0 aromatic heterocycles. The van der Waals surface area contributed by atoms with Crippen LogP contribution in [0.2, 0.25) is 0 Å². The minimum Gasteiger partial charge on any atom is -0.461 e. The molecular weight excluding hydrogens is 1000 g/mol. The van der Waals surface area contributed by atoms with Gasteiger partial charge in [0, 0.05) is 22.3 Å². The lowest BCUT2D eigenvalue weighted by Gasteiger charge is -2.46. The highest BCUT2D eigenvalue weighted by atomic mass is 19.4. The van der Waals surface area contributed by atoms with Crippen LogP contribution < -0.4 is 38.5 Å². The highest BCUT2D eigenvalue weighted by Crippen LogP contribution is 2.67. The number of rotatable bonds is 8. The first kappa shape index (κ1) is 47.6. The molecule has 0 aliphatic carbocycles. The number of ether oxygens (including phenoxy) is 4. The van der Waals surface area contributed by atoms with Crippen LogP contribution in [0.1, 0.15) is 33.4 Å². The van der Waals surface area contributed by atoms with Gasteiger partial charge >= 0.3 is 12.4 Å². The molecule has 9 aromatic carbocycles. The molecule has 0 N–H and O–H groups in total. The monoisotopic (exact) mass is 1040 g/mol. The number of fused-ring (bicyclic) bond motifs is 4. The second-order valence-electron chi connectivity index (χ2n) is 18.3. The van der Waals surface area contributed by atoms with E-state index in [4.69, 9.17) is 18.9 Å². The Hall–Kier alpha value is -10.1. The molecule has 13 rings (SSSR count). The van der Waals surface area contributed by atoms with Gasteiger partial charge in [-0.25, -0.2) is 0 Å². The van der Waals surface area contributed by atoms with Gasteiger partial charge < -0.3 is 33.6 Å². The smallest absolute Gasteiger partial charge is 0.420 e. The zero-order chi connectivity index (χ0) is 53.1. The van der Waals surface area contributed by atoms with E-state index in [0.717, 1.165) is 4.90 Å². The summed E-state index contributed by atoms with van der Waals surface area (Å²) in [4.78, 5) is 5.23. The first-order chi connectivity index (χ1) is 38.0. The molecule has 0 fully saturated rings. The third-order valence-electron chi connectivity index (χ3n) is 13.7. The Morgan fingerprint density at radius 3 is 0.718 bits per heavy atom. The van der Waals surface area contributed by atoms with E-state index in [-0.39, 0.29) is 74.1 Å². The quantitative estimate of drug-likeness (QED) is 0.140. The van der Waals surface area contributed by atoms with Crippen LogP contribution in [0.5, 0.6) is 23.0 Å². The Balaban J connectivity index is 1.34. The van der Waals surface area contributed by atoms with Crippen molar-refractivity contribution in [2.24, 2.45) is 0 Å². The van der Waals surface area contributed by atoms with Crippen LogP contribution >= 0.6 is 0 Å². The average Bonchev–Trinajstić information content (AvgIpc) is 3.67. The minimum absolute atomic E-state index is 0.00480. The van der Waals surface area contributed by atoms with Crippen molar-refractivity contribution in [1.82, 2.24) is 0 Å². The number of nitrogens with zero attached hydrogens (tertiary/aromatic N) is 4. The van der Waals surface area contributed by atoms with E-state index >= 15 is 26.3 Å². The van der Waals surface area contributed by atoms with Crippen molar-refractivity contribution in [3.8, 4) is 23.0 Å². The summed E-state index contributed by atoms with van der Waals surface area (Å²) in [5.74, 6) is 0.413. The summed E-state index contributed by atoms with van der Waals surface area (Å²) in [6, 6.07) is 59.8. The molecule has 78 heavy (non-hydrogen) atoms. The molecule has 0 bridgehead atoms. The van der Waals surface area contributed by atoms with Crippen molar-refractivity contribution in [2.75, 3.05) is 19.6 Å². The summed E-state index contributed by atoms with van der Waals surface area (Å²) in [6.07, 6.45) is -6.02. The Morgan fingerprint density at radius 1 is 0.244 bits per heavy atom. The SMILES string of the molecule is FC(F)(F)c1c(N2C(c3ccccc3)=COc3ccccc32)c(N2C(c3ccccc3)=COc3ccccc32)c(N2C(c3ccccc3)=COc3ccccc32)c(C(F)(F)F)c1N1C(c2ccccc2)=COc2ccccc21. The largest absolute Gasteiger partial charge is 0.461 e. The lowest BCUT2D eigenvalue weighted by Crippen LogP contribution is -2.35. The molecule has 0 saturated carbocycles. The van der Waals surface area contributed by atoms with Gasteiger partial charge in [-0.1, -0.05) is 170 Å². The maximum atomic E-state index is 18.2. The van der Waals surface area contributed by atoms with Crippen molar-refractivity contribution in [3.05, 3.63) is 277 Å². The predicted molar refractivity (Wildman–Crippen MR) is 291 cm³/mol. The molecule has 0 amide bonds. The fourth-order valence-corrected chi connectivity index (χ4v) is 10.5. The van der Waals surface area contributed by atoms with E-state index in [1.165, 1.54) is 51.9 Å². The molecule has 9 aromatic rings. The van der Waals surface area contributed by atoms with Crippen LogP contribution in [-0.4, -0.2) is 0 Å². The fraction of sp³-hybridized carbons (Fsp3) is 0.0312. The van der Waals surface area contributed by atoms with Crippen LogP contribution in [0.3, 0.4) is 0 Å². The summed E-state index contributed by atoms with van der Waals surface area (Å²) < 4.78 is 134. The van der Waals surface area contributed by atoms with Crippen molar-refractivity contribution < 1.29 is 45.3 Å². The Labute approximate surface area is 443 Å². The van der Waals surface area contributed by atoms with Gasteiger partial charge in [-0.15, -0.1) is 0 Å². The minimum atomic E-state index is -5.62. The van der Waals surface area contributed by atoms with Gasteiger partial charge in [-0.3, -0.25) is 4.90 Å². The van der Waals surface area contributed by atoms with E-state index in [2.05, 4.69) is 0 Å². The number of alkyl halides is 6. The average molecular weight is 1040 g/mol. The molecule has 8 nitrogen and oxygen atoms in total. The number of benzene rings is 9. The van der Waals surface area contributed by atoms with E-state index in [9.17, 15) is 0 Å². The van der Waals surface area contributed by atoms with E-state index in [1.54, 1.807) is 206 Å². The molecule has 4 heterocycles. The maximum Gasteiger partial charge on any atom is 0.420 e. The Bertz CT molecular complexity index is 3770. The molecule has 4 aliphatic rings. The van der Waals surface area contributed by atoms with Crippen molar-refractivity contribution >= 4 is 68.3 Å². The lowest BCUT2D eigenvalue weighted by molar-refractivity contribution is -0.141. The molecule has 0 radical (unpaired) electrons. The molecule has 0 saturated heterocycles. The van der Waals surface area contributed by atoms with Gasteiger partial charge in [0.05, 0.1) is 68.3 Å². The predicted octanol–water partition coefficient (Wildman–Crippen LogP) is 17.8. The molecule has 4 aliphatic heterocycles. The summed E-state index contributed by atoms with van der Waals surface area (Å²) in [5.41, 5.74) is -4.62. The molecular formula is C64H40F6N4O4. The summed E-state index contributed by atoms with van der Waals surface area (Å²) >= 11 is 0. The lowest BCUT2D eigenvalue weighted by atomic mass is 9.90. The molecule has 382 valence electrons. The van der Waals surface area contributed by atoms with Gasteiger partial charge in [0.1, 0.15) is 36.2 Å². The normalized spacial score (nSPS) is 14.6. The van der Waals surface area contributed by atoms with Crippen LogP contribution in [0, 0.1) is 0 Å². The van der Waals surface area contributed by atoms with Gasteiger partial charge in [-0.05, 0) is 48.5 Å². The third kappa shape index (κ3) is 8.04. The van der Waals surface area contributed by atoms with Gasteiger partial charge in [0.15, 0.2) is 23.0 Å². The van der Waals surface area contributed by atoms with Gasteiger partial charge in [-0.2, -0.15) is 26.3 Å². The van der Waals surface area contributed by atoms with E-state index in [0.29, 0.717) is 16.7 Å². The van der Waals surface area contributed by atoms with Crippen LogP contribution in [0.25, 0.3) is 22.8 Å². The van der Waals surface area contributed by atoms with Crippen molar-refractivity contribution in [1.29, 1.82) is 0 Å². The molecule has 0 unspecified atom stereocenters. The van der Waals surface area contributed by atoms with Gasteiger partial charge in [0.25, 0.3) is 0 Å². The standard InChI is InChI=1S/C64H40F6N4O4/c65-63(66,67)57-59(71-45-29-13-17-33-53(45)75-37-49(71)41-21-5-1-6-22-41)58(64(68,69)70)61(73-47-31-15-19-35-55(47)77-39-51(73)43-25-9-3-10-26-43)62(74-48-32-16-20-36-56(48)78-40-52(74)44-27-11-4-12-28-44)60(57)72-46-30-14-18-34-54(46)76-38-50(72)42-23-7-2-8-24-42/h1-40H. The topological polar surface area (TPSA) is 49.9 Å². The molecule has 14 heteroatoms. The van der Waals surface area contributed by atoms with Crippen LogP contribution in [-0.2, 0) is 12.4 Å². The number of hydrogen-bond acceptors (Lipinski definition) is 8. The number of hydrogen-bond donors (Lipinski definition) is 0. The molecule has 0 atom stereocenters. The first-order valence-corrected chi connectivity index (χ1v) is 24.7. The van der Waals surface area contributed by atoms with Crippen LogP contribution in [0.15, 0.2) is 243 Å². The number of halogens is 6. The van der Waals surface area contributed by atoms with Crippen molar-refractivity contribution in [3.63, 3.8) is 0 Å². The Kier molecular flexibility index (Phi) is 11.6. The number of para-hydroxylation sites is 8. The highest BCUT2D eigenvalue weighted by Gasteiger charge is 2.54. The van der Waals surface area contributed by atoms with Gasteiger partial charge in [0.2, 0.25) is 0 Å². The summed E-state index contributed by atoms with van der Waals surface area (Å²) in [6.45, 7) is 0. The van der Waals surface area contributed by atoms with Crippen molar-refractivity contribution in [2.45, 2.75) is 12.4 Å². The summed E-state index contributed by atoms with van der Waals surface area (Å²) in [7, 11) is 0. The van der Waals surface area contributed by atoms with E-state index in [1.807, 2.05) is 0 Å².